The van der Waals surface area contributed by atoms with Crippen LogP contribution in [0.15, 0.2) is 48.7 Å². The Kier molecular flexibility index (Phi) is 5.23. The summed E-state index contributed by atoms with van der Waals surface area (Å²) < 4.78 is 12.5. The molecule has 0 fully saturated rings. The van der Waals surface area contributed by atoms with Crippen molar-refractivity contribution in [2.24, 2.45) is 7.05 Å². The lowest BCUT2D eigenvalue weighted by Gasteiger charge is -2.27. The maximum absolute atomic E-state index is 13.2. The van der Waals surface area contributed by atoms with Gasteiger partial charge in [0, 0.05) is 38.3 Å². The third kappa shape index (κ3) is 3.28. The molecule has 2 heterocycles. The van der Waals surface area contributed by atoms with Crippen molar-refractivity contribution >= 4 is 16.8 Å². The van der Waals surface area contributed by atoms with E-state index in [2.05, 4.69) is 4.98 Å². The van der Waals surface area contributed by atoms with Crippen LogP contribution in [0.3, 0.4) is 0 Å². The molecule has 0 aliphatic rings. The standard InChI is InChI=1S/C20H23N3O3/c1-22-17-9-8-15(26-4)11-14(17)12-18(22)20(24)23(2)19(13-25-3)16-7-5-6-10-21-16/h5-12,19H,13H2,1-4H3. The number of amides is 1. The largest absolute Gasteiger partial charge is 0.497 e. The molecule has 6 heteroatoms. The Bertz CT molecular complexity index is 905. The highest BCUT2D eigenvalue weighted by molar-refractivity contribution is 5.99. The minimum atomic E-state index is -0.263. The zero-order chi connectivity index (χ0) is 18.7. The molecule has 1 atom stereocenters. The van der Waals surface area contributed by atoms with Crippen LogP contribution in [-0.2, 0) is 11.8 Å². The number of nitrogens with zero attached hydrogens (tertiary/aromatic N) is 3. The number of hydrogen-bond donors (Lipinski definition) is 0. The van der Waals surface area contributed by atoms with Crippen molar-refractivity contribution in [3.8, 4) is 5.75 Å². The van der Waals surface area contributed by atoms with Crippen molar-refractivity contribution in [2.75, 3.05) is 27.9 Å². The molecule has 1 unspecified atom stereocenters. The minimum Gasteiger partial charge on any atom is -0.497 e. The maximum Gasteiger partial charge on any atom is 0.270 e. The van der Waals surface area contributed by atoms with Gasteiger partial charge in [-0.05, 0) is 36.4 Å². The number of pyridine rings is 1. The molecule has 1 aromatic carbocycles. The van der Waals surface area contributed by atoms with Crippen LogP contribution in [0.2, 0.25) is 0 Å². The van der Waals surface area contributed by atoms with E-state index in [-0.39, 0.29) is 11.9 Å². The molecular formula is C20H23N3O3. The van der Waals surface area contributed by atoms with Crippen LogP contribution in [-0.4, -0.2) is 48.2 Å². The van der Waals surface area contributed by atoms with Gasteiger partial charge in [0.1, 0.15) is 11.4 Å². The maximum atomic E-state index is 13.2. The highest BCUT2D eigenvalue weighted by Gasteiger charge is 2.26. The fourth-order valence-electron chi connectivity index (χ4n) is 3.11. The van der Waals surface area contributed by atoms with Gasteiger partial charge in [-0.2, -0.15) is 0 Å². The van der Waals surface area contributed by atoms with Crippen molar-refractivity contribution in [3.63, 3.8) is 0 Å². The van der Waals surface area contributed by atoms with Crippen LogP contribution >= 0.6 is 0 Å². The van der Waals surface area contributed by atoms with E-state index in [1.54, 1.807) is 32.4 Å². The first-order chi connectivity index (χ1) is 12.6. The summed E-state index contributed by atoms with van der Waals surface area (Å²) >= 11 is 0. The summed E-state index contributed by atoms with van der Waals surface area (Å²) in [7, 11) is 6.92. The number of carbonyl (C=O) groups is 1. The Morgan fingerprint density at radius 2 is 2.04 bits per heavy atom. The molecule has 0 spiro atoms. The van der Waals surface area contributed by atoms with E-state index in [9.17, 15) is 4.79 Å². The van der Waals surface area contributed by atoms with Crippen LogP contribution in [0.4, 0.5) is 0 Å². The monoisotopic (exact) mass is 353 g/mol. The van der Waals surface area contributed by atoms with Crippen molar-refractivity contribution in [2.45, 2.75) is 6.04 Å². The number of hydrogen-bond acceptors (Lipinski definition) is 4. The Morgan fingerprint density at radius 3 is 2.69 bits per heavy atom. The number of aromatic nitrogens is 2. The molecule has 0 saturated heterocycles. The molecule has 0 N–H and O–H groups in total. The lowest BCUT2D eigenvalue weighted by Crippen LogP contribution is -2.35. The lowest BCUT2D eigenvalue weighted by atomic mass is 10.1. The van der Waals surface area contributed by atoms with Gasteiger partial charge in [-0.3, -0.25) is 9.78 Å². The summed E-state index contributed by atoms with van der Waals surface area (Å²) in [5.41, 5.74) is 2.38. The molecule has 0 aliphatic carbocycles. The molecular weight excluding hydrogens is 330 g/mol. The Hall–Kier alpha value is -2.86. The summed E-state index contributed by atoms with van der Waals surface area (Å²) in [6, 6.07) is 13.1. The second-order valence-corrected chi connectivity index (χ2v) is 6.16. The van der Waals surface area contributed by atoms with E-state index in [1.807, 2.05) is 54.1 Å². The first-order valence-electron chi connectivity index (χ1n) is 8.37. The molecule has 3 rings (SSSR count). The Morgan fingerprint density at radius 1 is 1.23 bits per heavy atom. The quantitative estimate of drug-likeness (QED) is 0.683. The highest BCUT2D eigenvalue weighted by atomic mass is 16.5. The summed E-state index contributed by atoms with van der Waals surface area (Å²) in [6.45, 7) is 0.372. The molecule has 1 amide bonds. The molecule has 3 aromatic rings. The van der Waals surface area contributed by atoms with Crippen molar-refractivity contribution in [1.82, 2.24) is 14.5 Å². The average Bonchev–Trinajstić information content (AvgIpc) is 3.01. The third-order valence-electron chi connectivity index (χ3n) is 4.61. The van der Waals surface area contributed by atoms with Gasteiger partial charge in [-0.25, -0.2) is 0 Å². The van der Waals surface area contributed by atoms with Crippen LogP contribution in [0.1, 0.15) is 22.2 Å². The van der Waals surface area contributed by atoms with E-state index in [1.165, 1.54) is 0 Å². The summed E-state index contributed by atoms with van der Waals surface area (Å²) in [4.78, 5) is 19.2. The summed E-state index contributed by atoms with van der Waals surface area (Å²) in [6.07, 6.45) is 1.72. The number of rotatable bonds is 6. The molecule has 6 nitrogen and oxygen atoms in total. The first-order valence-corrected chi connectivity index (χ1v) is 8.37. The van der Waals surface area contributed by atoms with Crippen molar-refractivity contribution in [3.05, 3.63) is 60.0 Å². The molecule has 0 aliphatic heterocycles. The number of carbonyl (C=O) groups excluding carboxylic acids is 1. The Balaban J connectivity index is 1.96. The van der Waals surface area contributed by atoms with E-state index in [0.29, 0.717) is 12.3 Å². The van der Waals surface area contributed by atoms with E-state index < -0.39 is 0 Å². The third-order valence-corrected chi connectivity index (χ3v) is 4.61. The number of benzene rings is 1. The fraction of sp³-hybridized carbons (Fsp3) is 0.300. The predicted molar refractivity (Wildman–Crippen MR) is 100 cm³/mol. The molecule has 2 aromatic heterocycles. The lowest BCUT2D eigenvalue weighted by molar-refractivity contribution is 0.0586. The SMILES string of the molecule is COCC(c1ccccn1)N(C)C(=O)c1cc2cc(OC)ccc2n1C. The molecule has 136 valence electrons. The molecule has 0 saturated carbocycles. The van der Waals surface area contributed by atoms with Crippen molar-refractivity contribution in [1.29, 1.82) is 0 Å². The van der Waals surface area contributed by atoms with Gasteiger partial charge >= 0.3 is 0 Å². The van der Waals surface area contributed by atoms with E-state index in [0.717, 1.165) is 22.3 Å². The van der Waals surface area contributed by atoms with E-state index >= 15 is 0 Å². The van der Waals surface area contributed by atoms with Gasteiger partial charge in [0.05, 0.1) is 25.5 Å². The number of aryl methyl sites for hydroxylation is 1. The minimum absolute atomic E-state index is 0.0876. The fourth-order valence-corrected chi connectivity index (χ4v) is 3.11. The topological polar surface area (TPSA) is 56.6 Å². The van der Waals surface area contributed by atoms with Crippen LogP contribution < -0.4 is 4.74 Å². The highest BCUT2D eigenvalue weighted by Crippen LogP contribution is 2.26. The van der Waals surface area contributed by atoms with Gasteiger partial charge in [-0.1, -0.05) is 6.07 Å². The first kappa shape index (κ1) is 17.9. The second kappa shape index (κ2) is 7.58. The second-order valence-electron chi connectivity index (χ2n) is 6.16. The summed E-state index contributed by atoms with van der Waals surface area (Å²) in [5, 5.41) is 0.963. The molecule has 0 bridgehead atoms. The zero-order valence-electron chi connectivity index (χ0n) is 15.5. The molecule has 0 radical (unpaired) electrons. The van der Waals surface area contributed by atoms with Crippen LogP contribution in [0, 0.1) is 0 Å². The Labute approximate surface area is 153 Å². The number of likely N-dealkylation sites (N-methyl/N-ethyl adjacent to an activating group) is 1. The van der Waals surface area contributed by atoms with Crippen LogP contribution in [0.5, 0.6) is 5.75 Å². The average molecular weight is 353 g/mol. The number of methoxy groups -OCH3 is 2. The number of ether oxygens (including phenoxy) is 2. The van der Waals surface area contributed by atoms with E-state index in [4.69, 9.17) is 9.47 Å². The van der Waals surface area contributed by atoms with Gasteiger partial charge < -0.3 is 18.9 Å². The van der Waals surface area contributed by atoms with Gasteiger partial charge in [-0.15, -0.1) is 0 Å². The summed E-state index contributed by atoms with van der Waals surface area (Å²) in [5.74, 6) is 0.677. The van der Waals surface area contributed by atoms with Gasteiger partial charge in [0.15, 0.2) is 0 Å². The van der Waals surface area contributed by atoms with Gasteiger partial charge in [0.2, 0.25) is 0 Å². The molecule has 26 heavy (non-hydrogen) atoms. The smallest absolute Gasteiger partial charge is 0.270 e. The number of fused-ring (bicyclic) bond motifs is 1. The normalized spacial score (nSPS) is 12.2. The predicted octanol–water partition coefficient (Wildman–Crippen LogP) is 3.04. The van der Waals surface area contributed by atoms with Gasteiger partial charge in [0.25, 0.3) is 5.91 Å². The zero-order valence-corrected chi connectivity index (χ0v) is 15.5. The van der Waals surface area contributed by atoms with Crippen LogP contribution in [0.25, 0.3) is 10.9 Å². The van der Waals surface area contributed by atoms with Crippen molar-refractivity contribution < 1.29 is 14.3 Å².